The van der Waals surface area contributed by atoms with Crippen molar-refractivity contribution in [2.75, 3.05) is 4.90 Å². The first kappa shape index (κ1) is 33.9. The van der Waals surface area contributed by atoms with Gasteiger partial charge in [0.05, 0.1) is 17.1 Å². The summed E-state index contributed by atoms with van der Waals surface area (Å²) in [7, 11) is 0. The number of fused-ring (bicyclic) bond motifs is 6. The van der Waals surface area contributed by atoms with Gasteiger partial charge in [-0.05, 0) is 109 Å². The molecule has 7 aromatic carbocycles. The third kappa shape index (κ3) is 5.01. The first-order valence-corrected chi connectivity index (χ1v) is 20.6. The molecule has 11 rings (SSSR count). The molecule has 0 spiro atoms. The van der Waals surface area contributed by atoms with E-state index < -0.39 is 0 Å². The molecule has 2 unspecified atom stereocenters. The van der Waals surface area contributed by atoms with E-state index in [1.54, 1.807) is 0 Å². The lowest BCUT2D eigenvalue weighted by Gasteiger charge is -2.39. The van der Waals surface area contributed by atoms with Crippen molar-refractivity contribution in [2.24, 2.45) is 0 Å². The van der Waals surface area contributed by atoms with Gasteiger partial charge in [0.1, 0.15) is 0 Å². The minimum atomic E-state index is -0.363. The second kappa shape index (κ2) is 13.1. The largest absolute Gasteiger partial charge is 0.334 e. The summed E-state index contributed by atoms with van der Waals surface area (Å²) < 4.78 is 0. The van der Waals surface area contributed by atoms with Crippen molar-refractivity contribution < 1.29 is 0 Å². The van der Waals surface area contributed by atoms with Crippen LogP contribution in [0.1, 0.15) is 60.9 Å². The summed E-state index contributed by atoms with van der Waals surface area (Å²) in [5, 5.41) is 2.52. The first-order chi connectivity index (χ1) is 28.0. The fourth-order valence-electron chi connectivity index (χ4n) is 10.8. The molecule has 0 N–H and O–H groups in total. The Kier molecular flexibility index (Phi) is 7.76. The number of rotatable bonds is 6. The minimum Gasteiger partial charge on any atom is -0.334 e. The molecule has 57 heavy (non-hydrogen) atoms. The number of allylic oxidation sites excluding steroid dienone is 6. The van der Waals surface area contributed by atoms with E-state index in [4.69, 9.17) is 0 Å². The second-order valence-electron chi connectivity index (χ2n) is 16.6. The highest BCUT2D eigenvalue weighted by Gasteiger charge is 2.49. The molecule has 0 radical (unpaired) electrons. The van der Waals surface area contributed by atoms with Crippen LogP contribution in [-0.4, -0.2) is 6.04 Å². The van der Waals surface area contributed by atoms with Crippen molar-refractivity contribution >= 4 is 27.7 Å². The topological polar surface area (TPSA) is 3.24 Å². The molecule has 0 aliphatic heterocycles. The van der Waals surface area contributed by atoms with Crippen LogP contribution in [0.2, 0.25) is 0 Å². The summed E-state index contributed by atoms with van der Waals surface area (Å²) in [6.07, 6.45) is 15.3. The van der Waals surface area contributed by atoms with Gasteiger partial charge in [-0.25, -0.2) is 0 Å². The van der Waals surface area contributed by atoms with Gasteiger partial charge in [-0.3, -0.25) is 0 Å². The maximum absolute atomic E-state index is 2.67. The molecular formula is C56H45N. The Bertz CT molecular complexity index is 2850. The minimum absolute atomic E-state index is 0.0628. The Morgan fingerprint density at radius 2 is 1.28 bits per heavy atom. The fourth-order valence-corrected chi connectivity index (χ4v) is 10.8. The van der Waals surface area contributed by atoms with Gasteiger partial charge in [0.2, 0.25) is 0 Å². The van der Waals surface area contributed by atoms with Gasteiger partial charge in [-0.15, -0.1) is 0 Å². The Hall–Kier alpha value is -6.44. The zero-order valence-electron chi connectivity index (χ0n) is 32.6. The molecule has 274 valence electrons. The maximum atomic E-state index is 2.67. The fraction of sp³-hybridized carbons (Fsp3) is 0.143. The molecule has 7 aromatic rings. The van der Waals surface area contributed by atoms with E-state index in [0.717, 1.165) is 19.3 Å². The smallest absolute Gasteiger partial charge is 0.0707 e. The molecule has 4 aliphatic carbocycles. The van der Waals surface area contributed by atoms with E-state index in [9.17, 15) is 0 Å². The molecule has 0 aromatic heterocycles. The van der Waals surface area contributed by atoms with E-state index >= 15 is 0 Å². The van der Waals surface area contributed by atoms with E-state index in [0.29, 0.717) is 0 Å². The van der Waals surface area contributed by atoms with E-state index in [-0.39, 0.29) is 16.9 Å². The Labute approximate surface area is 336 Å². The normalized spacial score (nSPS) is 19.8. The number of hydrogen-bond acceptors (Lipinski definition) is 1. The summed E-state index contributed by atoms with van der Waals surface area (Å²) in [5.74, 6) is 0. The van der Waals surface area contributed by atoms with Crippen LogP contribution in [0.15, 0.2) is 205 Å². The Balaban J connectivity index is 1.14. The van der Waals surface area contributed by atoms with Crippen LogP contribution in [0, 0.1) is 0 Å². The van der Waals surface area contributed by atoms with Crippen LogP contribution in [0.3, 0.4) is 0 Å². The molecular weight excluding hydrogens is 687 g/mol. The van der Waals surface area contributed by atoms with Gasteiger partial charge < -0.3 is 4.90 Å². The molecule has 0 fully saturated rings. The molecule has 0 amide bonds. The van der Waals surface area contributed by atoms with Gasteiger partial charge in [0.25, 0.3) is 0 Å². The summed E-state index contributed by atoms with van der Waals surface area (Å²) >= 11 is 0. The zero-order chi connectivity index (χ0) is 38.1. The summed E-state index contributed by atoms with van der Waals surface area (Å²) in [6.45, 7) is 4.78. The monoisotopic (exact) mass is 731 g/mol. The number of anilines is 2. The average molecular weight is 732 g/mol. The maximum Gasteiger partial charge on any atom is 0.0707 e. The van der Waals surface area contributed by atoms with Crippen LogP contribution in [0.25, 0.3) is 38.6 Å². The molecule has 0 saturated heterocycles. The summed E-state index contributed by atoms with van der Waals surface area (Å²) in [5.41, 5.74) is 18.3. The van der Waals surface area contributed by atoms with Crippen LogP contribution in [-0.2, 0) is 10.8 Å². The Morgan fingerprint density at radius 1 is 0.579 bits per heavy atom. The van der Waals surface area contributed by atoms with Crippen LogP contribution >= 0.6 is 0 Å². The molecule has 0 bridgehead atoms. The molecule has 0 heterocycles. The van der Waals surface area contributed by atoms with Crippen LogP contribution < -0.4 is 4.90 Å². The summed E-state index contributed by atoms with van der Waals surface area (Å²) in [4.78, 5) is 2.67. The number of hydrogen-bond donors (Lipinski definition) is 0. The predicted molar refractivity (Wildman–Crippen MR) is 240 cm³/mol. The first-order valence-electron chi connectivity index (χ1n) is 20.6. The van der Waals surface area contributed by atoms with Gasteiger partial charge in [0, 0.05) is 16.7 Å². The van der Waals surface area contributed by atoms with Crippen molar-refractivity contribution in [3.05, 3.63) is 233 Å². The lowest BCUT2D eigenvalue weighted by Crippen LogP contribution is -2.34. The van der Waals surface area contributed by atoms with Crippen molar-refractivity contribution in [3.8, 4) is 22.3 Å². The number of benzene rings is 7. The van der Waals surface area contributed by atoms with Crippen molar-refractivity contribution in [1.82, 2.24) is 0 Å². The third-order valence-electron chi connectivity index (χ3n) is 13.3. The second-order valence-corrected chi connectivity index (χ2v) is 16.6. The average Bonchev–Trinajstić information content (AvgIpc) is 3.70. The number of nitrogens with zero attached hydrogens (tertiary/aromatic N) is 1. The highest BCUT2D eigenvalue weighted by Crippen LogP contribution is 2.59. The molecule has 0 saturated carbocycles. The SMILES string of the molecule is CC1(C)c2ccccc2-c2ccc(N(c3ccc4ccccc4c3-c3ccccc3)C3C=CC4=C(C3)c3ccccc3C4(C3=CCCC=C3)c3ccccc3)cc21. The highest BCUT2D eigenvalue weighted by molar-refractivity contribution is 6.04. The summed E-state index contributed by atoms with van der Waals surface area (Å²) in [6, 6.07) is 61.4. The quantitative estimate of drug-likeness (QED) is 0.165. The van der Waals surface area contributed by atoms with Gasteiger partial charge in [-0.2, -0.15) is 0 Å². The van der Waals surface area contributed by atoms with E-state index in [1.807, 2.05) is 0 Å². The lowest BCUT2D eigenvalue weighted by molar-refractivity contribution is 0.659. The third-order valence-corrected chi connectivity index (χ3v) is 13.3. The molecule has 2 atom stereocenters. The van der Waals surface area contributed by atoms with E-state index in [1.165, 1.54) is 88.9 Å². The molecule has 1 nitrogen and oxygen atoms in total. The van der Waals surface area contributed by atoms with Crippen LogP contribution in [0.5, 0.6) is 0 Å². The lowest BCUT2D eigenvalue weighted by atomic mass is 9.65. The van der Waals surface area contributed by atoms with Crippen molar-refractivity contribution in [3.63, 3.8) is 0 Å². The molecule has 1 heteroatoms. The predicted octanol–water partition coefficient (Wildman–Crippen LogP) is 14.3. The standard InChI is InChI=1S/C56H45N/c1-55(2)49-28-16-14-26-45(49)47-33-31-43(37-52(47)55)57(53-35-30-38-18-12-13-25-44(38)54(53)39-19-6-3-7-20-39)42-32-34-51-48(36-42)46-27-15-17-29-50(46)56(51,40-21-8-4-9-22-40)41-23-10-5-11-24-41/h3-4,6-10,12-35,37,42H,5,11,36H2,1-2H3. The Morgan fingerprint density at radius 3 is 2.09 bits per heavy atom. The van der Waals surface area contributed by atoms with E-state index in [2.05, 4.69) is 213 Å². The highest BCUT2D eigenvalue weighted by atomic mass is 15.2. The zero-order valence-corrected chi connectivity index (χ0v) is 32.6. The van der Waals surface area contributed by atoms with Gasteiger partial charge in [-0.1, -0.05) is 190 Å². The van der Waals surface area contributed by atoms with Gasteiger partial charge in [0.15, 0.2) is 0 Å². The van der Waals surface area contributed by atoms with Gasteiger partial charge >= 0.3 is 0 Å². The van der Waals surface area contributed by atoms with Crippen LogP contribution in [0.4, 0.5) is 11.4 Å². The molecule has 4 aliphatic rings. The van der Waals surface area contributed by atoms with Crippen molar-refractivity contribution in [2.45, 2.75) is 50.0 Å². The van der Waals surface area contributed by atoms with Crippen molar-refractivity contribution in [1.29, 1.82) is 0 Å².